The number of rotatable bonds is 6. The molecule has 0 radical (unpaired) electrons. The Balaban J connectivity index is 1.50. The zero-order valence-corrected chi connectivity index (χ0v) is 25.2. The number of benzene rings is 2. The molecular formula is C31H43BN2O6. The molecule has 2 amide bonds. The van der Waals surface area contributed by atoms with Crippen LogP contribution in [0.3, 0.4) is 0 Å². The maximum atomic E-state index is 13.6. The second-order valence-electron chi connectivity index (χ2n) is 12.8. The monoisotopic (exact) mass is 550 g/mol. The van der Waals surface area contributed by atoms with E-state index in [1.807, 2.05) is 109 Å². The van der Waals surface area contributed by atoms with E-state index in [0.717, 1.165) is 16.6 Å². The Hall–Kier alpha value is -3.04. The van der Waals surface area contributed by atoms with Gasteiger partial charge >= 0.3 is 13.2 Å². The quantitative estimate of drug-likeness (QED) is 0.491. The highest BCUT2D eigenvalue weighted by molar-refractivity contribution is 6.62. The summed E-state index contributed by atoms with van der Waals surface area (Å²) in [6.07, 6.45) is -0.185. The van der Waals surface area contributed by atoms with Crippen LogP contribution in [0.5, 0.6) is 5.75 Å². The fraction of sp³-hybridized carbons (Fsp3) is 0.548. The molecule has 0 aromatic heterocycles. The van der Waals surface area contributed by atoms with Crippen LogP contribution in [-0.2, 0) is 31.9 Å². The molecular weight excluding hydrogens is 507 g/mol. The lowest BCUT2D eigenvalue weighted by molar-refractivity contribution is -0.133. The molecule has 40 heavy (non-hydrogen) atoms. The van der Waals surface area contributed by atoms with Crippen molar-refractivity contribution in [3.63, 3.8) is 0 Å². The number of nitrogens with zero attached hydrogens (tertiary/aromatic N) is 2. The SMILES string of the molecule is CC1CN(C(=O)Cc2cc(B3OC(C)(C)C(C)(C)O3)ccc2OCc2ccccc2)CCN1C(=O)OC(C)(C)C. The third kappa shape index (κ3) is 6.99. The standard InChI is InChI=1S/C31H43BN2O6/c1-22-20-33(16-17-34(22)28(36)38-29(2,3)4)27(35)19-24-18-25(32-39-30(5,6)31(7,8)40-32)14-15-26(24)37-21-23-12-10-9-11-13-23/h9-15,18,22H,16-17,19-21H2,1-8H3. The Kier molecular flexibility index (Phi) is 8.57. The largest absolute Gasteiger partial charge is 0.494 e. The van der Waals surface area contributed by atoms with E-state index in [4.69, 9.17) is 18.8 Å². The van der Waals surface area contributed by atoms with E-state index in [0.29, 0.717) is 32.0 Å². The fourth-order valence-corrected chi connectivity index (χ4v) is 4.79. The predicted octanol–water partition coefficient (Wildman–Crippen LogP) is 4.58. The molecule has 4 rings (SSSR count). The molecule has 2 aromatic carbocycles. The zero-order valence-electron chi connectivity index (χ0n) is 25.2. The van der Waals surface area contributed by atoms with E-state index in [1.54, 1.807) is 4.90 Å². The van der Waals surface area contributed by atoms with Gasteiger partial charge in [-0.05, 0) is 72.5 Å². The van der Waals surface area contributed by atoms with E-state index < -0.39 is 23.9 Å². The maximum Gasteiger partial charge on any atom is 0.494 e. The number of hydrogen-bond donors (Lipinski definition) is 0. The lowest BCUT2D eigenvalue weighted by atomic mass is 9.78. The zero-order chi connectivity index (χ0) is 29.3. The van der Waals surface area contributed by atoms with Gasteiger partial charge in [-0.15, -0.1) is 0 Å². The Morgan fingerprint density at radius 2 is 1.65 bits per heavy atom. The van der Waals surface area contributed by atoms with E-state index >= 15 is 0 Å². The molecule has 1 atom stereocenters. The molecule has 2 aromatic rings. The Labute approximate surface area is 239 Å². The van der Waals surface area contributed by atoms with Crippen LogP contribution in [0.4, 0.5) is 4.79 Å². The van der Waals surface area contributed by atoms with Crippen LogP contribution in [0.1, 0.15) is 66.5 Å². The van der Waals surface area contributed by atoms with Gasteiger partial charge in [0.15, 0.2) is 0 Å². The van der Waals surface area contributed by atoms with Crippen molar-refractivity contribution in [1.82, 2.24) is 9.80 Å². The molecule has 9 heteroatoms. The minimum Gasteiger partial charge on any atom is -0.489 e. The first-order valence-electron chi connectivity index (χ1n) is 14.1. The topological polar surface area (TPSA) is 77.5 Å². The number of ether oxygens (including phenoxy) is 2. The molecule has 0 aliphatic carbocycles. The van der Waals surface area contributed by atoms with Crippen molar-refractivity contribution in [2.24, 2.45) is 0 Å². The summed E-state index contributed by atoms with van der Waals surface area (Å²) in [4.78, 5) is 29.7. The molecule has 2 aliphatic heterocycles. The van der Waals surface area contributed by atoms with E-state index in [1.165, 1.54) is 0 Å². The summed E-state index contributed by atoms with van der Waals surface area (Å²) in [5.41, 5.74) is 1.15. The average molecular weight is 551 g/mol. The first-order chi connectivity index (χ1) is 18.6. The van der Waals surface area contributed by atoms with Gasteiger partial charge in [-0.25, -0.2) is 4.79 Å². The number of amides is 2. The van der Waals surface area contributed by atoms with Crippen molar-refractivity contribution in [2.75, 3.05) is 19.6 Å². The lowest BCUT2D eigenvalue weighted by Gasteiger charge is -2.40. The molecule has 216 valence electrons. The van der Waals surface area contributed by atoms with Gasteiger partial charge in [0.2, 0.25) is 5.91 Å². The molecule has 2 saturated heterocycles. The second-order valence-corrected chi connectivity index (χ2v) is 12.8. The molecule has 0 saturated carbocycles. The van der Waals surface area contributed by atoms with Crippen molar-refractivity contribution in [1.29, 1.82) is 0 Å². The summed E-state index contributed by atoms with van der Waals surface area (Å²) in [6, 6.07) is 15.6. The van der Waals surface area contributed by atoms with Crippen LogP contribution in [-0.4, -0.2) is 71.4 Å². The van der Waals surface area contributed by atoms with Crippen LogP contribution >= 0.6 is 0 Å². The normalized spacial score (nSPS) is 20.4. The first-order valence-corrected chi connectivity index (χ1v) is 14.1. The minimum absolute atomic E-state index is 0.0219. The first kappa shape index (κ1) is 29.9. The van der Waals surface area contributed by atoms with Gasteiger partial charge in [0.25, 0.3) is 0 Å². The molecule has 2 heterocycles. The number of carbonyl (C=O) groups excluding carboxylic acids is 2. The van der Waals surface area contributed by atoms with Gasteiger partial charge in [-0.3, -0.25) is 4.79 Å². The maximum absolute atomic E-state index is 13.6. The Morgan fingerprint density at radius 3 is 2.25 bits per heavy atom. The number of piperazine rings is 1. The number of carbonyl (C=O) groups is 2. The molecule has 2 fully saturated rings. The molecule has 1 unspecified atom stereocenters. The van der Waals surface area contributed by atoms with E-state index in [2.05, 4.69) is 0 Å². The van der Waals surface area contributed by atoms with Crippen LogP contribution in [0.2, 0.25) is 0 Å². The van der Waals surface area contributed by atoms with E-state index in [9.17, 15) is 9.59 Å². The molecule has 0 spiro atoms. The predicted molar refractivity (Wildman–Crippen MR) is 156 cm³/mol. The van der Waals surface area contributed by atoms with Gasteiger partial charge < -0.3 is 28.6 Å². The summed E-state index contributed by atoms with van der Waals surface area (Å²) in [7, 11) is -0.542. The average Bonchev–Trinajstić information content (AvgIpc) is 3.09. The third-order valence-corrected chi connectivity index (χ3v) is 7.80. The summed E-state index contributed by atoms with van der Waals surface area (Å²) < 4.78 is 24.3. The van der Waals surface area contributed by atoms with Gasteiger partial charge in [0, 0.05) is 31.2 Å². The van der Waals surface area contributed by atoms with Crippen molar-refractivity contribution in [3.05, 3.63) is 59.7 Å². The summed E-state index contributed by atoms with van der Waals surface area (Å²) in [6.45, 7) is 17.3. The Morgan fingerprint density at radius 1 is 1.00 bits per heavy atom. The van der Waals surface area contributed by atoms with Crippen molar-refractivity contribution in [3.8, 4) is 5.75 Å². The number of hydrogen-bond acceptors (Lipinski definition) is 6. The summed E-state index contributed by atoms with van der Waals surface area (Å²) in [5.74, 6) is 0.629. The molecule has 0 bridgehead atoms. The van der Waals surface area contributed by atoms with Crippen molar-refractivity contribution >= 4 is 24.6 Å². The van der Waals surface area contributed by atoms with Gasteiger partial charge in [-0.2, -0.15) is 0 Å². The second kappa shape index (κ2) is 11.5. The summed E-state index contributed by atoms with van der Waals surface area (Å²) in [5, 5.41) is 0. The molecule has 8 nitrogen and oxygen atoms in total. The van der Waals surface area contributed by atoms with Crippen LogP contribution in [0, 0.1) is 0 Å². The summed E-state index contributed by atoms with van der Waals surface area (Å²) >= 11 is 0. The van der Waals surface area contributed by atoms with Crippen molar-refractivity contribution < 1.29 is 28.4 Å². The molecule has 0 N–H and O–H groups in total. The smallest absolute Gasteiger partial charge is 0.489 e. The van der Waals surface area contributed by atoms with Gasteiger partial charge in [-0.1, -0.05) is 42.5 Å². The highest BCUT2D eigenvalue weighted by Gasteiger charge is 2.51. The van der Waals surface area contributed by atoms with E-state index in [-0.39, 0.29) is 24.5 Å². The van der Waals surface area contributed by atoms with Crippen LogP contribution < -0.4 is 10.2 Å². The highest BCUT2D eigenvalue weighted by Crippen LogP contribution is 2.37. The third-order valence-electron chi connectivity index (χ3n) is 7.80. The lowest BCUT2D eigenvalue weighted by Crippen LogP contribution is -2.56. The molecule has 2 aliphatic rings. The van der Waals surface area contributed by atoms with Crippen molar-refractivity contribution in [2.45, 2.75) is 91.3 Å². The Bertz CT molecular complexity index is 1190. The van der Waals surface area contributed by atoms with Crippen LogP contribution in [0.25, 0.3) is 0 Å². The fourth-order valence-electron chi connectivity index (χ4n) is 4.79. The van der Waals surface area contributed by atoms with Gasteiger partial charge in [0.1, 0.15) is 18.0 Å². The highest BCUT2D eigenvalue weighted by atomic mass is 16.7. The van der Waals surface area contributed by atoms with Gasteiger partial charge in [0.05, 0.1) is 17.6 Å². The van der Waals surface area contributed by atoms with Crippen LogP contribution in [0.15, 0.2) is 48.5 Å². The minimum atomic E-state index is -0.567.